The number of amides is 1. The lowest BCUT2D eigenvalue weighted by molar-refractivity contribution is -0.126. The van der Waals surface area contributed by atoms with Crippen LogP contribution in [-0.4, -0.2) is 35.4 Å². The van der Waals surface area contributed by atoms with Crippen molar-refractivity contribution >= 4 is 16.8 Å². The maximum Gasteiger partial charge on any atom is 0.246 e. The number of methoxy groups -OCH3 is 1. The number of carbonyl (C=O) groups is 1. The molecule has 0 saturated heterocycles. The number of aromatic nitrogens is 2. The molecule has 0 saturated carbocycles. The van der Waals surface area contributed by atoms with Gasteiger partial charge in [-0.15, -0.1) is 0 Å². The smallest absolute Gasteiger partial charge is 0.246 e. The molecule has 0 fully saturated rings. The lowest BCUT2D eigenvalue weighted by Crippen LogP contribution is -2.40. The van der Waals surface area contributed by atoms with E-state index in [0.717, 1.165) is 27.7 Å². The van der Waals surface area contributed by atoms with Crippen LogP contribution in [0.1, 0.15) is 29.7 Å². The van der Waals surface area contributed by atoms with E-state index in [2.05, 4.69) is 36.4 Å². The summed E-state index contributed by atoms with van der Waals surface area (Å²) in [7, 11) is 1.49. The van der Waals surface area contributed by atoms with Crippen molar-refractivity contribution in [1.82, 2.24) is 15.1 Å². The minimum absolute atomic E-state index is 0.0154. The monoisotopic (exact) mass is 461 g/mol. The number of fused-ring (bicyclic) bond motifs is 1. The molecule has 1 heterocycles. The van der Waals surface area contributed by atoms with E-state index < -0.39 is 6.10 Å². The Hall–Kier alpha value is -3.71. The van der Waals surface area contributed by atoms with Gasteiger partial charge in [0.15, 0.2) is 0 Å². The fraction of sp³-hybridized carbons (Fsp3) is 0.259. The van der Waals surface area contributed by atoms with Crippen LogP contribution in [0.4, 0.5) is 4.39 Å². The Balaban J connectivity index is 1.64. The predicted molar refractivity (Wildman–Crippen MR) is 130 cm³/mol. The van der Waals surface area contributed by atoms with E-state index in [-0.39, 0.29) is 24.4 Å². The van der Waals surface area contributed by atoms with E-state index in [1.807, 2.05) is 31.2 Å². The van der Waals surface area contributed by atoms with Crippen LogP contribution in [0.5, 0.6) is 5.75 Å². The van der Waals surface area contributed by atoms with Gasteiger partial charge in [0, 0.05) is 12.5 Å². The van der Waals surface area contributed by atoms with Gasteiger partial charge in [0.05, 0.1) is 23.4 Å². The van der Waals surface area contributed by atoms with Gasteiger partial charge in [-0.3, -0.25) is 4.79 Å². The number of hydrogen-bond acceptors (Lipinski definition) is 4. The molecule has 1 aromatic heterocycles. The van der Waals surface area contributed by atoms with Gasteiger partial charge in [-0.1, -0.05) is 18.2 Å². The Morgan fingerprint density at radius 3 is 2.53 bits per heavy atom. The van der Waals surface area contributed by atoms with Crippen LogP contribution in [-0.2, 0) is 9.53 Å². The van der Waals surface area contributed by atoms with Gasteiger partial charge < -0.3 is 14.8 Å². The second kappa shape index (κ2) is 10.1. The molecule has 0 radical (unpaired) electrons. The molecule has 1 N–H and O–H groups in total. The Morgan fingerprint density at radius 2 is 1.82 bits per heavy atom. The highest BCUT2D eigenvalue weighted by Gasteiger charge is 2.24. The molecule has 0 bridgehead atoms. The third-order valence-electron chi connectivity index (χ3n) is 5.85. The topological polar surface area (TPSA) is 65.4 Å². The van der Waals surface area contributed by atoms with Gasteiger partial charge in [-0.2, -0.15) is 5.10 Å². The Morgan fingerprint density at radius 1 is 1.06 bits per heavy atom. The predicted octanol–water partition coefficient (Wildman–Crippen LogP) is 5.05. The second-order valence-electron chi connectivity index (χ2n) is 8.42. The molecular weight excluding hydrogens is 433 g/mol. The van der Waals surface area contributed by atoms with Crippen LogP contribution >= 0.6 is 0 Å². The zero-order chi connectivity index (χ0) is 24.2. The van der Waals surface area contributed by atoms with Gasteiger partial charge in [0.1, 0.15) is 24.3 Å². The number of benzene rings is 3. The van der Waals surface area contributed by atoms with Crippen LogP contribution in [0.15, 0.2) is 66.9 Å². The molecule has 176 valence electrons. The summed E-state index contributed by atoms with van der Waals surface area (Å²) >= 11 is 0. The first-order chi connectivity index (χ1) is 16.4. The van der Waals surface area contributed by atoms with Gasteiger partial charge >= 0.3 is 0 Å². The van der Waals surface area contributed by atoms with Gasteiger partial charge in [0.2, 0.25) is 5.91 Å². The number of nitrogens with zero attached hydrogens (tertiary/aromatic N) is 2. The highest BCUT2D eigenvalue weighted by molar-refractivity contribution is 5.82. The first-order valence-electron chi connectivity index (χ1n) is 11.1. The van der Waals surface area contributed by atoms with E-state index >= 15 is 0 Å². The molecular formula is C27H28FN3O3. The Labute approximate surface area is 198 Å². The van der Waals surface area contributed by atoms with Gasteiger partial charge in [-0.25, -0.2) is 9.07 Å². The molecule has 3 aromatic carbocycles. The highest BCUT2D eigenvalue weighted by atomic mass is 19.1. The number of rotatable bonds is 8. The van der Waals surface area contributed by atoms with E-state index in [1.54, 1.807) is 23.0 Å². The van der Waals surface area contributed by atoms with Crippen LogP contribution < -0.4 is 10.1 Å². The number of nitrogens with one attached hydrogen (secondary N) is 1. The van der Waals surface area contributed by atoms with Crippen molar-refractivity contribution in [1.29, 1.82) is 0 Å². The van der Waals surface area contributed by atoms with E-state index in [4.69, 9.17) is 9.47 Å². The lowest BCUT2D eigenvalue weighted by atomic mass is 9.98. The van der Waals surface area contributed by atoms with Crippen molar-refractivity contribution in [2.24, 2.45) is 0 Å². The molecule has 7 heteroatoms. The van der Waals surface area contributed by atoms with Gasteiger partial charge in [0.25, 0.3) is 0 Å². The SMILES string of the molecule is COCC(=O)N[C@@H](C)[C@@H](Oc1ccc2c(cnn2-c2ccc(F)cc2)c1)c1ccc(C)c(C)c1. The molecule has 6 nitrogen and oxygen atoms in total. The third-order valence-corrected chi connectivity index (χ3v) is 5.85. The normalized spacial score (nSPS) is 13.0. The summed E-state index contributed by atoms with van der Waals surface area (Å²) in [6.07, 6.45) is 1.34. The maximum absolute atomic E-state index is 13.3. The van der Waals surface area contributed by atoms with Crippen molar-refractivity contribution < 1.29 is 18.7 Å². The Bertz CT molecular complexity index is 1300. The molecule has 4 rings (SSSR count). The molecule has 0 spiro atoms. The lowest BCUT2D eigenvalue weighted by Gasteiger charge is -2.27. The summed E-state index contributed by atoms with van der Waals surface area (Å²) in [4.78, 5) is 12.2. The molecule has 2 atom stereocenters. The Kier molecular flexibility index (Phi) is 6.93. The van der Waals surface area contributed by atoms with Crippen LogP contribution in [0.2, 0.25) is 0 Å². The van der Waals surface area contributed by atoms with Crippen molar-refractivity contribution in [2.75, 3.05) is 13.7 Å². The molecule has 0 unspecified atom stereocenters. The standard InChI is InChI=1S/C27H28FN3O3/c1-17-5-6-20(13-18(17)2)27(19(3)30-26(32)16-33-4)34-24-11-12-25-21(14-24)15-29-31(25)23-9-7-22(28)8-10-23/h5-15,19,27H,16H2,1-4H3,(H,30,32)/t19-,27+/m0/s1. The van der Waals surface area contributed by atoms with Crippen LogP contribution in [0.3, 0.4) is 0 Å². The largest absolute Gasteiger partial charge is 0.484 e. The van der Waals surface area contributed by atoms with Crippen molar-refractivity contribution in [3.8, 4) is 11.4 Å². The fourth-order valence-electron chi connectivity index (χ4n) is 3.92. The van der Waals surface area contributed by atoms with E-state index in [9.17, 15) is 9.18 Å². The summed E-state index contributed by atoms with van der Waals surface area (Å²) in [6, 6.07) is 17.8. The second-order valence-corrected chi connectivity index (χ2v) is 8.42. The molecule has 0 aliphatic heterocycles. The average molecular weight is 462 g/mol. The fourth-order valence-corrected chi connectivity index (χ4v) is 3.92. The third kappa shape index (κ3) is 5.10. The number of hydrogen-bond donors (Lipinski definition) is 1. The zero-order valence-corrected chi connectivity index (χ0v) is 19.7. The summed E-state index contributed by atoms with van der Waals surface area (Å²) in [5.74, 6) is 0.158. The molecule has 0 aliphatic rings. The van der Waals surface area contributed by atoms with E-state index in [0.29, 0.717) is 5.75 Å². The van der Waals surface area contributed by atoms with Crippen LogP contribution in [0.25, 0.3) is 16.6 Å². The number of halogens is 1. The number of ether oxygens (including phenoxy) is 2. The zero-order valence-electron chi connectivity index (χ0n) is 19.7. The summed E-state index contributed by atoms with van der Waals surface area (Å²) in [5, 5.41) is 8.31. The first kappa shape index (κ1) is 23.4. The maximum atomic E-state index is 13.3. The van der Waals surface area contributed by atoms with Crippen molar-refractivity contribution in [2.45, 2.75) is 32.9 Å². The van der Waals surface area contributed by atoms with Crippen LogP contribution in [0, 0.1) is 19.7 Å². The first-order valence-corrected chi connectivity index (χ1v) is 11.1. The van der Waals surface area contributed by atoms with Crippen molar-refractivity contribution in [3.05, 3.63) is 89.4 Å². The summed E-state index contributed by atoms with van der Waals surface area (Å²) < 4.78 is 26.5. The molecule has 34 heavy (non-hydrogen) atoms. The quantitative estimate of drug-likeness (QED) is 0.399. The molecule has 0 aliphatic carbocycles. The molecule has 4 aromatic rings. The van der Waals surface area contributed by atoms with Gasteiger partial charge in [-0.05, 0) is 79.9 Å². The van der Waals surface area contributed by atoms with E-state index in [1.165, 1.54) is 24.8 Å². The number of aryl methyl sites for hydroxylation is 2. The average Bonchev–Trinajstić information content (AvgIpc) is 3.23. The highest BCUT2D eigenvalue weighted by Crippen LogP contribution is 2.30. The minimum atomic E-state index is -0.412. The minimum Gasteiger partial charge on any atom is -0.484 e. The molecule has 1 amide bonds. The van der Waals surface area contributed by atoms with Crippen molar-refractivity contribution in [3.63, 3.8) is 0 Å². The summed E-state index contributed by atoms with van der Waals surface area (Å²) in [5.41, 5.74) is 4.96. The summed E-state index contributed by atoms with van der Waals surface area (Å²) in [6.45, 7) is 6.02. The number of carbonyl (C=O) groups excluding carboxylic acids is 1.